The number of carbonyl (C=O) groups is 2. The van der Waals surface area contributed by atoms with Crippen molar-refractivity contribution in [1.29, 1.82) is 0 Å². The van der Waals surface area contributed by atoms with Crippen LogP contribution in [0.25, 0.3) is 22.3 Å². The first-order chi connectivity index (χ1) is 29.8. The van der Waals surface area contributed by atoms with Gasteiger partial charge in [0.15, 0.2) is 12.2 Å². The molecule has 2 atom stereocenters. The summed E-state index contributed by atoms with van der Waals surface area (Å²) >= 11 is 3.87. The minimum Gasteiger partial charge on any atom is -0.479 e. The number of unbranched alkanes of at least 4 members (excludes halogenated alkanes) is 11. The molecule has 0 aliphatic carbocycles. The van der Waals surface area contributed by atoms with E-state index in [4.69, 9.17) is 18.9 Å². The van der Waals surface area contributed by atoms with Crippen LogP contribution in [0.15, 0.2) is 107 Å². The third-order valence-electron chi connectivity index (χ3n) is 10.1. The zero-order chi connectivity index (χ0) is 43.9. The number of esters is 2. The highest BCUT2D eigenvalue weighted by Crippen LogP contribution is 2.29. The first kappa shape index (κ1) is 51.5. The Bertz CT molecular complexity index is 1730. The van der Waals surface area contributed by atoms with Crippen LogP contribution in [0.4, 0.5) is 0 Å². The van der Waals surface area contributed by atoms with Gasteiger partial charge in [-0.2, -0.15) is 0 Å². The molecule has 0 spiro atoms. The molecular formula is C53H74O6S2. The van der Waals surface area contributed by atoms with Gasteiger partial charge in [0.1, 0.15) is 11.5 Å². The second-order valence-corrected chi connectivity index (χ2v) is 17.9. The van der Waals surface area contributed by atoms with Crippen molar-refractivity contribution < 1.29 is 28.5 Å². The molecule has 0 aliphatic heterocycles. The molecule has 4 aromatic carbocycles. The highest BCUT2D eigenvalue weighted by atomic mass is 32.2. The van der Waals surface area contributed by atoms with Crippen LogP contribution in [0.1, 0.15) is 138 Å². The number of rotatable bonds is 29. The highest BCUT2D eigenvalue weighted by Gasteiger charge is 2.17. The van der Waals surface area contributed by atoms with Gasteiger partial charge in [0, 0.05) is 9.79 Å². The predicted molar refractivity (Wildman–Crippen MR) is 259 cm³/mol. The minimum absolute atomic E-state index is 0.307. The van der Waals surface area contributed by atoms with Crippen molar-refractivity contribution in [2.24, 2.45) is 0 Å². The van der Waals surface area contributed by atoms with Gasteiger partial charge in [-0.1, -0.05) is 147 Å². The van der Waals surface area contributed by atoms with Gasteiger partial charge in [-0.15, -0.1) is 23.5 Å². The predicted octanol–water partition coefficient (Wildman–Crippen LogP) is 15.4. The number of thioether (sulfide) groups is 2. The summed E-state index contributed by atoms with van der Waals surface area (Å²) in [5.74, 6) is 3.11. The maximum absolute atomic E-state index is 12.0. The topological polar surface area (TPSA) is 71.1 Å². The van der Waals surface area contributed by atoms with E-state index in [-0.39, 0.29) is 11.9 Å². The van der Waals surface area contributed by atoms with E-state index in [0.29, 0.717) is 24.7 Å². The average Bonchev–Trinajstić information content (AvgIpc) is 3.29. The lowest BCUT2D eigenvalue weighted by atomic mass is 10.1. The SMILES string of the molecule is CCCCCCCSc1ccc(-c2ccc(O[C@H](C)C(=O)OCCCCC)cc2)cc1.CCCCCCSc1ccc(-c2ccc(O[C@H](C)C(=O)OCCCCC)cc2)cc1. The van der Waals surface area contributed by atoms with Crippen LogP contribution in [0.2, 0.25) is 0 Å². The molecule has 0 amide bonds. The minimum atomic E-state index is -0.606. The molecule has 0 aromatic heterocycles. The van der Waals surface area contributed by atoms with Crippen molar-refractivity contribution in [3.8, 4) is 33.8 Å². The molecule has 8 heteroatoms. The maximum atomic E-state index is 12.0. The lowest BCUT2D eigenvalue weighted by Gasteiger charge is -2.14. The molecular weight excluding hydrogens is 797 g/mol. The highest BCUT2D eigenvalue weighted by molar-refractivity contribution is 7.99. The fourth-order valence-corrected chi connectivity index (χ4v) is 8.17. The van der Waals surface area contributed by atoms with Crippen LogP contribution in [0.3, 0.4) is 0 Å². The molecule has 0 saturated heterocycles. The number of benzene rings is 4. The molecule has 0 unspecified atom stereocenters. The Morgan fingerprint density at radius 3 is 1.05 bits per heavy atom. The Hall–Kier alpha value is -3.88. The van der Waals surface area contributed by atoms with Gasteiger partial charge in [0.25, 0.3) is 0 Å². The molecule has 0 aliphatic rings. The molecule has 6 nitrogen and oxygen atoms in total. The van der Waals surface area contributed by atoms with Crippen molar-refractivity contribution in [2.45, 2.75) is 160 Å². The van der Waals surface area contributed by atoms with Gasteiger partial charge < -0.3 is 18.9 Å². The molecule has 0 bridgehead atoms. The molecule has 4 aromatic rings. The van der Waals surface area contributed by atoms with Crippen LogP contribution >= 0.6 is 23.5 Å². The van der Waals surface area contributed by atoms with E-state index in [0.717, 1.165) is 49.7 Å². The first-order valence-corrected chi connectivity index (χ1v) is 25.1. The Balaban J connectivity index is 0.000000325. The van der Waals surface area contributed by atoms with Crippen molar-refractivity contribution in [3.63, 3.8) is 0 Å². The van der Waals surface area contributed by atoms with Crippen LogP contribution in [-0.4, -0.2) is 48.9 Å². The van der Waals surface area contributed by atoms with Gasteiger partial charge in [-0.05, 0) is 122 Å². The summed E-state index contributed by atoms with van der Waals surface area (Å²) in [4.78, 5) is 26.7. The summed E-state index contributed by atoms with van der Waals surface area (Å²) in [5.41, 5.74) is 4.64. The summed E-state index contributed by atoms with van der Waals surface area (Å²) in [5, 5.41) is 0. The second kappa shape index (κ2) is 31.9. The van der Waals surface area contributed by atoms with E-state index in [9.17, 15) is 9.59 Å². The third-order valence-corrected chi connectivity index (χ3v) is 12.3. The molecule has 61 heavy (non-hydrogen) atoms. The normalized spacial score (nSPS) is 11.8. The smallest absolute Gasteiger partial charge is 0.347 e. The van der Waals surface area contributed by atoms with E-state index >= 15 is 0 Å². The molecule has 0 fully saturated rings. The third kappa shape index (κ3) is 21.7. The maximum Gasteiger partial charge on any atom is 0.347 e. The second-order valence-electron chi connectivity index (χ2n) is 15.5. The Morgan fingerprint density at radius 2 is 0.705 bits per heavy atom. The van der Waals surface area contributed by atoms with Gasteiger partial charge in [-0.25, -0.2) is 9.59 Å². The van der Waals surface area contributed by atoms with Gasteiger partial charge in [0.2, 0.25) is 0 Å². The molecule has 4 rings (SSSR count). The van der Waals surface area contributed by atoms with E-state index < -0.39 is 12.2 Å². The lowest BCUT2D eigenvalue weighted by Crippen LogP contribution is -2.26. The van der Waals surface area contributed by atoms with E-state index in [1.165, 1.54) is 90.2 Å². The largest absolute Gasteiger partial charge is 0.479 e. The lowest BCUT2D eigenvalue weighted by molar-refractivity contribution is -0.152. The van der Waals surface area contributed by atoms with Gasteiger partial charge in [-0.3, -0.25) is 0 Å². The summed E-state index contributed by atoms with van der Waals surface area (Å²) in [6, 6.07) is 33.2. The van der Waals surface area contributed by atoms with Gasteiger partial charge >= 0.3 is 11.9 Å². The summed E-state index contributed by atoms with van der Waals surface area (Å²) < 4.78 is 22.0. The van der Waals surface area contributed by atoms with Crippen molar-refractivity contribution >= 4 is 35.5 Å². The number of ether oxygens (including phenoxy) is 4. The molecule has 0 heterocycles. The molecule has 0 radical (unpaired) electrons. The van der Waals surface area contributed by atoms with Crippen LogP contribution in [0, 0.1) is 0 Å². The standard InChI is InChI=1S/C27H38O3S.C26H36O3S/c1-4-6-8-9-11-21-31-26-18-14-24(15-19-26)23-12-16-25(17-13-23)30-22(3)27(28)29-20-10-7-5-2;1-4-6-8-10-20-30-25-17-13-23(14-18-25)22-11-15-24(16-12-22)29-21(3)26(27)28-19-9-7-5-2/h12-19,22H,4-11,20-21H2,1-3H3;11-18,21H,4-10,19-20H2,1-3H3/t22-;21-/m11/s1. The monoisotopic (exact) mass is 870 g/mol. The van der Waals surface area contributed by atoms with Crippen molar-refractivity contribution in [1.82, 2.24) is 0 Å². The van der Waals surface area contributed by atoms with Crippen LogP contribution in [0.5, 0.6) is 11.5 Å². The Labute approximate surface area is 377 Å². The summed E-state index contributed by atoms with van der Waals surface area (Å²) in [7, 11) is 0. The Kier molecular flexibility index (Phi) is 26.9. The van der Waals surface area contributed by atoms with Crippen LogP contribution in [-0.2, 0) is 19.1 Å². The fraction of sp³-hybridized carbons (Fsp3) is 0.509. The number of hydrogen-bond acceptors (Lipinski definition) is 8. The van der Waals surface area contributed by atoms with E-state index in [1.54, 1.807) is 13.8 Å². The zero-order valence-electron chi connectivity index (χ0n) is 38.1. The summed E-state index contributed by atoms with van der Waals surface area (Å²) in [6.45, 7) is 13.1. The molecule has 334 valence electrons. The molecule has 0 N–H and O–H groups in total. The zero-order valence-corrected chi connectivity index (χ0v) is 39.7. The van der Waals surface area contributed by atoms with Crippen molar-refractivity contribution in [2.75, 3.05) is 24.7 Å². The number of carbonyl (C=O) groups excluding carboxylic acids is 2. The van der Waals surface area contributed by atoms with Gasteiger partial charge in [0.05, 0.1) is 13.2 Å². The fourth-order valence-electron chi connectivity index (χ4n) is 6.34. The van der Waals surface area contributed by atoms with Crippen LogP contribution < -0.4 is 9.47 Å². The van der Waals surface area contributed by atoms with Crippen molar-refractivity contribution in [3.05, 3.63) is 97.1 Å². The van der Waals surface area contributed by atoms with E-state index in [2.05, 4.69) is 76.2 Å². The molecule has 0 saturated carbocycles. The average molecular weight is 871 g/mol. The van der Waals surface area contributed by atoms with E-state index in [1.807, 2.05) is 72.1 Å². The first-order valence-electron chi connectivity index (χ1n) is 23.1. The Morgan fingerprint density at radius 1 is 0.410 bits per heavy atom. The number of hydrogen-bond donors (Lipinski definition) is 0. The quantitative estimate of drug-likeness (QED) is 0.0304. The summed E-state index contributed by atoms with van der Waals surface area (Å²) in [6.07, 6.45) is 16.8.